The van der Waals surface area contributed by atoms with Crippen LogP contribution in [0.3, 0.4) is 0 Å². The summed E-state index contributed by atoms with van der Waals surface area (Å²) in [5, 5.41) is 11.8. The standard InChI is InChI=1S/C24H17F3N2/c1-2-29-22-6-4-3-5-20(22)21-14-16(7-12-23(21)29)13-18(15-28)17-8-10-19(11-9-17)24(25,26)27/h3-14H,2H2,1H3/b18-13+. The molecular weight excluding hydrogens is 373 g/mol. The van der Waals surface area contributed by atoms with Crippen molar-refractivity contribution in [2.24, 2.45) is 0 Å². The van der Waals surface area contributed by atoms with Crippen molar-refractivity contribution in [2.45, 2.75) is 19.6 Å². The van der Waals surface area contributed by atoms with E-state index in [1.165, 1.54) is 12.1 Å². The van der Waals surface area contributed by atoms with Crippen molar-refractivity contribution in [1.29, 1.82) is 5.26 Å². The van der Waals surface area contributed by atoms with Crippen LogP contribution >= 0.6 is 0 Å². The SMILES string of the molecule is CCn1c2ccccc2c2cc(/C=C(\C#N)c3ccc(C(F)(F)F)cc3)ccc21. The highest BCUT2D eigenvalue weighted by molar-refractivity contribution is 6.09. The van der Waals surface area contributed by atoms with Crippen LogP contribution in [0.1, 0.15) is 23.6 Å². The fraction of sp³-hybridized carbons (Fsp3) is 0.125. The van der Waals surface area contributed by atoms with Crippen LogP contribution in [0.15, 0.2) is 66.7 Å². The minimum atomic E-state index is -4.40. The van der Waals surface area contributed by atoms with Crippen LogP contribution in [0.2, 0.25) is 0 Å². The average Bonchev–Trinajstić information content (AvgIpc) is 3.04. The molecule has 0 amide bonds. The maximum Gasteiger partial charge on any atom is 0.416 e. The van der Waals surface area contributed by atoms with Crippen LogP contribution in [0.4, 0.5) is 13.2 Å². The lowest BCUT2D eigenvalue weighted by atomic mass is 10.0. The summed E-state index contributed by atoms with van der Waals surface area (Å²) < 4.78 is 40.6. The third-order valence-electron chi connectivity index (χ3n) is 5.07. The topological polar surface area (TPSA) is 28.7 Å². The molecule has 0 atom stereocenters. The second-order valence-corrected chi connectivity index (χ2v) is 6.78. The van der Waals surface area contributed by atoms with E-state index in [2.05, 4.69) is 29.7 Å². The zero-order valence-electron chi connectivity index (χ0n) is 15.7. The van der Waals surface area contributed by atoms with Gasteiger partial charge in [-0.25, -0.2) is 0 Å². The van der Waals surface area contributed by atoms with Crippen molar-refractivity contribution in [2.75, 3.05) is 0 Å². The van der Waals surface area contributed by atoms with Crippen molar-refractivity contribution in [1.82, 2.24) is 4.57 Å². The molecule has 0 unspecified atom stereocenters. The predicted octanol–water partition coefficient (Wildman–Crippen LogP) is 6.90. The van der Waals surface area contributed by atoms with Gasteiger partial charge in [0.2, 0.25) is 0 Å². The van der Waals surface area contributed by atoms with E-state index in [0.29, 0.717) is 11.1 Å². The summed E-state index contributed by atoms with van der Waals surface area (Å²) >= 11 is 0. The van der Waals surface area contributed by atoms with Gasteiger partial charge in [0.15, 0.2) is 0 Å². The molecule has 4 rings (SSSR count). The van der Waals surface area contributed by atoms with Crippen LogP contribution in [-0.4, -0.2) is 4.57 Å². The van der Waals surface area contributed by atoms with Gasteiger partial charge in [0.05, 0.1) is 17.2 Å². The third kappa shape index (κ3) is 3.38. The molecule has 3 aromatic carbocycles. The van der Waals surface area contributed by atoms with Crippen molar-refractivity contribution in [3.63, 3.8) is 0 Å². The van der Waals surface area contributed by atoms with E-state index in [-0.39, 0.29) is 0 Å². The van der Waals surface area contributed by atoms with Crippen molar-refractivity contribution in [3.05, 3.63) is 83.4 Å². The molecule has 0 aliphatic heterocycles. The Bertz CT molecular complexity index is 1270. The number of rotatable bonds is 3. The number of halogens is 3. The summed E-state index contributed by atoms with van der Waals surface area (Å²) in [6.07, 6.45) is -2.69. The molecule has 4 aromatic rings. The van der Waals surface area contributed by atoms with Crippen LogP contribution < -0.4 is 0 Å². The number of para-hydroxylation sites is 1. The molecule has 5 heteroatoms. The van der Waals surface area contributed by atoms with Crippen molar-refractivity contribution in [3.8, 4) is 6.07 Å². The number of aromatic nitrogens is 1. The van der Waals surface area contributed by atoms with E-state index in [1.54, 1.807) is 6.08 Å². The fourth-order valence-electron chi connectivity index (χ4n) is 3.69. The molecule has 0 saturated carbocycles. The van der Waals surface area contributed by atoms with Gasteiger partial charge in [-0.2, -0.15) is 18.4 Å². The van der Waals surface area contributed by atoms with Gasteiger partial charge < -0.3 is 4.57 Å². The van der Waals surface area contributed by atoms with E-state index in [1.807, 2.05) is 30.3 Å². The first-order valence-corrected chi connectivity index (χ1v) is 9.23. The molecular formula is C24H17F3N2. The third-order valence-corrected chi connectivity index (χ3v) is 5.07. The minimum absolute atomic E-state index is 0.317. The van der Waals surface area contributed by atoms with Gasteiger partial charge in [-0.15, -0.1) is 0 Å². The molecule has 0 aliphatic rings. The van der Waals surface area contributed by atoms with Crippen LogP contribution in [-0.2, 0) is 12.7 Å². The first kappa shape index (κ1) is 18.8. The second-order valence-electron chi connectivity index (χ2n) is 6.78. The molecule has 0 aliphatic carbocycles. The van der Waals surface area contributed by atoms with Crippen LogP contribution in [0.25, 0.3) is 33.5 Å². The molecule has 144 valence electrons. The Hall–Kier alpha value is -3.52. The predicted molar refractivity (Wildman–Crippen MR) is 110 cm³/mol. The zero-order valence-corrected chi connectivity index (χ0v) is 15.7. The number of hydrogen-bond acceptors (Lipinski definition) is 1. The van der Waals surface area contributed by atoms with Gasteiger partial charge in [0.1, 0.15) is 0 Å². The van der Waals surface area contributed by atoms with Gasteiger partial charge >= 0.3 is 6.18 Å². The first-order valence-electron chi connectivity index (χ1n) is 9.23. The van der Waals surface area contributed by atoms with Crippen LogP contribution in [0, 0.1) is 11.3 Å². The minimum Gasteiger partial charge on any atom is -0.341 e. The number of benzene rings is 3. The number of allylic oxidation sites excluding steroid dienone is 1. The lowest BCUT2D eigenvalue weighted by Crippen LogP contribution is -2.04. The molecule has 1 aromatic heterocycles. The number of alkyl halides is 3. The molecule has 0 bridgehead atoms. The Morgan fingerprint density at radius 1 is 0.966 bits per heavy atom. The highest BCUT2D eigenvalue weighted by atomic mass is 19.4. The summed E-state index contributed by atoms with van der Waals surface area (Å²) in [7, 11) is 0. The Morgan fingerprint density at radius 3 is 2.31 bits per heavy atom. The smallest absolute Gasteiger partial charge is 0.341 e. The summed E-state index contributed by atoms with van der Waals surface area (Å²) in [4.78, 5) is 0. The highest BCUT2D eigenvalue weighted by Crippen LogP contribution is 2.32. The molecule has 1 heterocycles. The fourth-order valence-corrected chi connectivity index (χ4v) is 3.69. The number of fused-ring (bicyclic) bond motifs is 3. The number of aryl methyl sites for hydroxylation is 1. The van der Waals surface area contributed by atoms with E-state index in [0.717, 1.165) is 46.0 Å². The Morgan fingerprint density at radius 2 is 1.66 bits per heavy atom. The number of nitriles is 1. The second kappa shape index (κ2) is 7.14. The lowest BCUT2D eigenvalue weighted by Gasteiger charge is -2.07. The zero-order chi connectivity index (χ0) is 20.6. The number of nitrogens with zero attached hydrogens (tertiary/aromatic N) is 2. The van der Waals surface area contributed by atoms with E-state index >= 15 is 0 Å². The molecule has 2 nitrogen and oxygen atoms in total. The summed E-state index contributed by atoms with van der Waals surface area (Å²) in [5.74, 6) is 0. The molecule has 0 spiro atoms. The average molecular weight is 390 g/mol. The van der Waals surface area contributed by atoms with E-state index in [4.69, 9.17) is 0 Å². The quantitative estimate of drug-likeness (QED) is 0.276. The Balaban J connectivity index is 1.80. The monoisotopic (exact) mass is 390 g/mol. The first-order chi connectivity index (χ1) is 13.9. The van der Waals surface area contributed by atoms with Crippen molar-refractivity contribution >= 4 is 33.5 Å². The molecule has 0 fully saturated rings. The maximum absolute atomic E-state index is 12.8. The molecule has 0 saturated heterocycles. The Kier molecular flexibility index (Phi) is 4.63. The normalized spacial score (nSPS) is 12.4. The number of hydrogen-bond donors (Lipinski definition) is 0. The van der Waals surface area contributed by atoms with Crippen LogP contribution in [0.5, 0.6) is 0 Å². The van der Waals surface area contributed by atoms with E-state index < -0.39 is 11.7 Å². The molecule has 0 N–H and O–H groups in total. The summed E-state index contributed by atoms with van der Waals surface area (Å²) in [5.41, 5.74) is 3.13. The van der Waals surface area contributed by atoms with Gasteiger partial charge in [0.25, 0.3) is 0 Å². The lowest BCUT2D eigenvalue weighted by molar-refractivity contribution is -0.137. The van der Waals surface area contributed by atoms with Gasteiger partial charge in [0, 0.05) is 28.4 Å². The summed E-state index contributed by atoms with van der Waals surface area (Å²) in [6.45, 7) is 2.94. The molecule has 29 heavy (non-hydrogen) atoms. The van der Waals surface area contributed by atoms with E-state index in [9.17, 15) is 18.4 Å². The maximum atomic E-state index is 12.8. The largest absolute Gasteiger partial charge is 0.416 e. The van der Waals surface area contributed by atoms with Gasteiger partial charge in [-0.05, 0) is 54.5 Å². The Labute approximate surface area is 166 Å². The highest BCUT2D eigenvalue weighted by Gasteiger charge is 2.30. The van der Waals surface area contributed by atoms with Gasteiger partial charge in [-0.1, -0.05) is 36.4 Å². The van der Waals surface area contributed by atoms with Crippen molar-refractivity contribution < 1.29 is 13.2 Å². The van der Waals surface area contributed by atoms with Gasteiger partial charge in [-0.3, -0.25) is 0 Å². The molecule has 0 radical (unpaired) electrons. The summed E-state index contributed by atoms with van der Waals surface area (Å²) in [6, 6.07) is 20.9.